The number of methoxy groups -OCH3 is 1. The van der Waals surface area contributed by atoms with Gasteiger partial charge in [0.1, 0.15) is 5.75 Å². The normalized spacial score (nSPS) is 20.4. The SMILES string of the molecule is COc1cncc(C(NN)C2(C)CCCCC2)c1. The molecule has 4 nitrogen and oxygen atoms in total. The van der Waals surface area contributed by atoms with Crippen LogP contribution in [0.5, 0.6) is 5.75 Å². The Balaban J connectivity index is 2.26. The number of nitrogens with one attached hydrogen (secondary N) is 1. The van der Waals surface area contributed by atoms with Crippen molar-refractivity contribution in [3.63, 3.8) is 0 Å². The second-order valence-electron chi connectivity index (χ2n) is 5.47. The van der Waals surface area contributed by atoms with Gasteiger partial charge in [-0.15, -0.1) is 0 Å². The van der Waals surface area contributed by atoms with Crippen molar-refractivity contribution in [1.29, 1.82) is 0 Å². The molecule has 1 aromatic rings. The second-order valence-corrected chi connectivity index (χ2v) is 5.47. The lowest BCUT2D eigenvalue weighted by molar-refractivity contribution is 0.144. The molecule has 0 aliphatic heterocycles. The molecule has 1 heterocycles. The molecule has 1 aromatic heterocycles. The molecule has 0 saturated heterocycles. The van der Waals surface area contributed by atoms with Crippen molar-refractivity contribution in [1.82, 2.24) is 10.4 Å². The zero-order chi connectivity index (χ0) is 13.0. The predicted molar refractivity (Wildman–Crippen MR) is 72.0 cm³/mol. The molecule has 3 N–H and O–H groups in total. The van der Waals surface area contributed by atoms with Gasteiger partial charge < -0.3 is 4.74 Å². The van der Waals surface area contributed by atoms with Gasteiger partial charge in [0.25, 0.3) is 0 Å². The first-order valence-corrected chi connectivity index (χ1v) is 6.65. The van der Waals surface area contributed by atoms with Crippen LogP contribution < -0.4 is 16.0 Å². The summed E-state index contributed by atoms with van der Waals surface area (Å²) in [5, 5.41) is 0. The number of ether oxygens (including phenoxy) is 1. The van der Waals surface area contributed by atoms with Crippen molar-refractivity contribution in [2.75, 3.05) is 7.11 Å². The number of pyridine rings is 1. The largest absolute Gasteiger partial charge is 0.495 e. The Labute approximate surface area is 109 Å². The summed E-state index contributed by atoms with van der Waals surface area (Å²) in [7, 11) is 1.66. The van der Waals surface area contributed by atoms with Gasteiger partial charge in [0.05, 0.1) is 19.3 Å². The van der Waals surface area contributed by atoms with Crippen LogP contribution in [0.25, 0.3) is 0 Å². The average Bonchev–Trinajstić information content (AvgIpc) is 2.40. The first-order chi connectivity index (χ1) is 8.69. The summed E-state index contributed by atoms with van der Waals surface area (Å²) in [6, 6.07) is 2.16. The van der Waals surface area contributed by atoms with Gasteiger partial charge >= 0.3 is 0 Å². The summed E-state index contributed by atoms with van der Waals surface area (Å²) in [5.74, 6) is 6.58. The highest BCUT2D eigenvalue weighted by Gasteiger charge is 2.36. The van der Waals surface area contributed by atoms with E-state index in [0.29, 0.717) is 0 Å². The van der Waals surface area contributed by atoms with Gasteiger partial charge in [-0.25, -0.2) is 0 Å². The average molecular weight is 249 g/mol. The Morgan fingerprint density at radius 2 is 2.06 bits per heavy atom. The Morgan fingerprint density at radius 1 is 1.33 bits per heavy atom. The van der Waals surface area contributed by atoms with E-state index in [1.54, 1.807) is 13.3 Å². The molecule has 1 aliphatic carbocycles. The van der Waals surface area contributed by atoms with Gasteiger partial charge in [-0.05, 0) is 29.9 Å². The lowest BCUT2D eigenvalue weighted by Crippen LogP contribution is -2.41. The fraction of sp³-hybridized carbons (Fsp3) is 0.643. The minimum Gasteiger partial charge on any atom is -0.495 e. The standard InChI is InChI=1S/C14H23N3O/c1-14(6-4-3-5-7-14)13(17-15)11-8-12(18-2)10-16-9-11/h8-10,13,17H,3-7,15H2,1-2H3. The summed E-state index contributed by atoms with van der Waals surface area (Å²) in [5.41, 5.74) is 4.31. The summed E-state index contributed by atoms with van der Waals surface area (Å²) in [6.45, 7) is 2.32. The summed E-state index contributed by atoms with van der Waals surface area (Å²) < 4.78 is 5.24. The molecule has 1 atom stereocenters. The van der Waals surface area contributed by atoms with E-state index in [1.807, 2.05) is 12.3 Å². The van der Waals surface area contributed by atoms with E-state index in [0.717, 1.165) is 11.3 Å². The molecule has 0 bridgehead atoms. The molecule has 0 amide bonds. The molecular formula is C14H23N3O. The van der Waals surface area contributed by atoms with E-state index < -0.39 is 0 Å². The molecular weight excluding hydrogens is 226 g/mol. The lowest BCUT2D eigenvalue weighted by atomic mass is 9.69. The maximum Gasteiger partial charge on any atom is 0.137 e. The van der Waals surface area contributed by atoms with Crippen LogP contribution in [0, 0.1) is 5.41 Å². The third-order valence-corrected chi connectivity index (χ3v) is 4.16. The van der Waals surface area contributed by atoms with Crippen LogP contribution in [0.3, 0.4) is 0 Å². The Bertz CT molecular complexity index is 388. The molecule has 100 valence electrons. The molecule has 0 aromatic carbocycles. The Hall–Kier alpha value is -1.13. The van der Waals surface area contributed by atoms with Gasteiger partial charge in [0.2, 0.25) is 0 Å². The van der Waals surface area contributed by atoms with Gasteiger partial charge in [0.15, 0.2) is 0 Å². The Kier molecular flexibility index (Phi) is 4.19. The number of nitrogens with zero attached hydrogens (tertiary/aromatic N) is 1. The van der Waals surface area contributed by atoms with E-state index in [1.165, 1.54) is 32.1 Å². The number of rotatable bonds is 4. The van der Waals surface area contributed by atoms with E-state index in [2.05, 4.69) is 17.3 Å². The highest BCUT2D eigenvalue weighted by atomic mass is 16.5. The zero-order valence-corrected chi connectivity index (χ0v) is 11.3. The van der Waals surface area contributed by atoms with Crippen LogP contribution in [0.4, 0.5) is 0 Å². The highest BCUT2D eigenvalue weighted by Crippen LogP contribution is 2.45. The topological polar surface area (TPSA) is 60.2 Å². The summed E-state index contributed by atoms with van der Waals surface area (Å²) >= 11 is 0. The molecule has 1 saturated carbocycles. The van der Waals surface area contributed by atoms with Gasteiger partial charge in [-0.3, -0.25) is 16.3 Å². The van der Waals surface area contributed by atoms with Crippen LogP contribution in [-0.2, 0) is 0 Å². The summed E-state index contributed by atoms with van der Waals surface area (Å²) in [6.07, 6.45) is 9.92. The minimum atomic E-state index is 0.139. The lowest BCUT2D eigenvalue weighted by Gasteiger charge is -2.40. The fourth-order valence-electron chi connectivity index (χ4n) is 3.05. The molecule has 2 rings (SSSR count). The molecule has 1 unspecified atom stereocenters. The Morgan fingerprint density at radius 3 is 2.67 bits per heavy atom. The first-order valence-electron chi connectivity index (χ1n) is 6.65. The van der Waals surface area contributed by atoms with Crippen molar-refractivity contribution < 1.29 is 4.74 Å². The van der Waals surface area contributed by atoms with Crippen molar-refractivity contribution in [3.8, 4) is 5.75 Å². The predicted octanol–water partition coefficient (Wildman–Crippen LogP) is 2.57. The van der Waals surface area contributed by atoms with E-state index >= 15 is 0 Å². The maximum absolute atomic E-state index is 5.79. The van der Waals surface area contributed by atoms with Crippen LogP contribution >= 0.6 is 0 Å². The van der Waals surface area contributed by atoms with Crippen molar-refractivity contribution in [3.05, 3.63) is 24.0 Å². The zero-order valence-electron chi connectivity index (χ0n) is 11.3. The van der Waals surface area contributed by atoms with Crippen molar-refractivity contribution in [2.24, 2.45) is 11.3 Å². The van der Waals surface area contributed by atoms with Gasteiger partial charge in [-0.1, -0.05) is 26.2 Å². The monoisotopic (exact) mass is 249 g/mol. The highest BCUT2D eigenvalue weighted by molar-refractivity contribution is 5.27. The van der Waals surface area contributed by atoms with E-state index in [4.69, 9.17) is 10.6 Å². The van der Waals surface area contributed by atoms with Crippen LogP contribution in [0.2, 0.25) is 0 Å². The van der Waals surface area contributed by atoms with Crippen molar-refractivity contribution >= 4 is 0 Å². The van der Waals surface area contributed by atoms with E-state index in [-0.39, 0.29) is 11.5 Å². The quantitative estimate of drug-likeness (QED) is 0.636. The summed E-state index contributed by atoms with van der Waals surface area (Å²) in [4.78, 5) is 4.23. The number of hydrogen-bond acceptors (Lipinski definition) is 4. The molecule has 0 spiro atoms. The molecule has 1 aliphatic rings. The second kappa shape index (κ2) is 5.67. The minimum absolute atomic E-state index is 0.139. The first kappa shape index (κ1) is 13.3. The van der Waals surface area contributed by atoms with Crippen molar-refractivity contribution in [2.45, 2.75) is 45.1 Å². The fourth-order valence-corrected chi connectivity index (χ4v) is 3.05. The van der Waals surface area contributed by atoms with E-state index in [9.17, 15) is 0 Å². The number of hydrogen-bond donors (Lipinski definition) is 2. The van der Waals surface area contributed by atoms with Gasteiger partial charge in [0, 0.05) is 6.20 Å². The smallest absolute Gasteiger partial charge is 0.137 e. The van der Waals surface area contributed by atoms with Gasteiger partial charge in [-0.2, -0.15) is 0 Å². The number of aromatic nitrogens is 1. The third-order valence-electron chi connectivity index (χ3n) is 4.16. The van der Waals surface area contributed by atoms with Crippen LogP contribution in [0.15, 0.2) is 18.5 Å². The number of hydrazine groups is 1. The van der Waals surface area contributed by atoms with Crippen LogP contribution in [-0.4, -0.2) is 12.1 Å². The molecule has 1 fully saturated rings. The molecule has 0 radical (unpaired) electrons. The van der Waals surface area contributed by atoms with Crippen LogP contribution in [0.1, 0.15) is 50.6 Å². The third kappa shape index (κ3) is 2.65. The number of nitrogens with two attached hydrogens (primary N) is 1. The maximum atomic E-state index is 5.79. The molecule has 18 heavy (non-hydrogen) atoms. The molecule has 4 heteroatoms.